The van der Waals surface area contributed by atoms with Crippen LogP contribution >= 0.6 is 0 Å². The quantitative estimate of drug-likeness (QED) is 0.458. The van der Waals surface area contributed by atoms with Crippen LogP contribution in [-0.4, -0.2) is 46.2 Å². The number of aromatic amines is 1. The van der Waals surface area contributed by atoms with Gasteiger partial charge in [-0.1, -0.05) is 12.1 Å². The standard InChI is InChI=1S/C16H14F3N7O4S/c1-8-5-12(20)21-7-10(8)6-9-3-2-4-11(13(9)14-22-24-25-23-14)31(28,29)26-30-15(27)16(17,18)19/h2-5,7,26H,6H2,1H3,(H2,20,21)(H,22,23,24,25). The van der Waals surface area contributed by atoms with Crippen molar-refractivity contribution >= 4 is 21.8 Å². The van der Waals surface area contributed by atoms with Gasteiger partial charge in [0.25, 0.3) is 10.0 Å². The molecule has 3 rings (SSSR count). The number of carbonyl (C=O) groups excluding carboxylic acids is 1. The van der Waals surface area contributed by atoms with E-state index in [1.54, 1.807) is 19.1 Å². The average Bonchev–Trinajstić information content (AvgIpc) is 3.22. The molecule has 4 N–H and O–H groups in total. The summed E-state index contributed by atoms with van der Waals surface area (Å²) < 4.78 is 62.3. The van der Waals surface area contributed by atoms with E-state index in [9.17, 15) is 26.4 Å². The van der Waals surface area contributed by atoms with Crippen LogP contribution in [0.4, 0.5) is 19.0 Å². The highest BCUT2D eigenvalue weighted by Gasteiger charge is 2.42. The second kappa shape index (κ2) is 8.27. The first-order chi connectivity index (χ1) is 14.5. The van der Waals surface area contributed by atoms with Crippen LogP contribution in [0.1, 0.15) is 16.7 Å². The first kappa shape index (κ1) is 22.1. The summed E-state index contributed by atoms with van der Waals surface area (Å²) in [7, 11) is -4.75. The molecule has 0 spiro atoms. The van der Waals surface area contributed by atoms with E-state index in [1.165, 1.54) is 17.1 Å². The fourth-order valence-corrected chi connectivity index (χ4v) is 3.69. The molecule has 0 saturated carbocycles. The van der Waals surface area contributed by atoms with Crippen LogP contribution in [0.2, 0.25) is 0 Å². The number of nitrogens with one attached hydrogen (secondary N) is 2. The highest BCUT2D eigenvalue weighted by Crippen LogP contribution is 2.30. The summed E-state index contributed by atoms with van der Waals surface area (Å²) in [6.45, 7) is 1.78. The highest BCUT2D eigenvalue weighted by atomic mass is 32.2. The Kier molecular flexibility index (Phi) is 5.90. The zero-order valence-electron chi connectivity index (χ0n) is 15.6. The number of tetrazole rings is 1. The van der Waals surface area contributed by atoms with Gasteiger partial charge < -0.3 is 10.6 Å². The number of alkyl halides is 3. The van der Waals surface area contributed by atoms with Crippen LogP contribution < -0.4 is 10.6 Å². The van der Waals surface area contributed by atoms with E-state index >= 15 is 0 Å². The Morgan fingerprint density at radius 3 is 2.65 bits per heavy atom. The van der Waals surface area contributed by atoms with Gasteiger partial charge in [-0.2, -0.15) is 18.4 Å². The van der Waals surface area contributed by atoms with Crippen molar-refractivity contribution in [2.24, 2.45) is 0 Å². The molecule has 11 nitrogen and oxygen atoms in total. The van der Waals surface area contributed by atoms with E-state index in [2.05, 4.69) is 30.4 Å². The lowest BCUT2D eigenvalue weighted by Gasteiger charge is -2.14. The number of H-pyrrole nitrogens is 1. The van der Waals surface area contributed by atoms with Crippen molar-refractivity contribution in [2.45, 2.75) is 24.4 Å². The summed E-state index contributed by atoms with van der Waals surface area (Å²) in [6.07, 6.45) is -3.72. The summed E-state index contributed by atoms with van der Waals surface area (Å²) in [6, 6.07) is 5.65. The topological polar surface area (TPSA) is 166 Å². The number of anilines is 1. The van der Waals surface area contributed by atoms with Gasteiger partial charge in [0.1, 0.15) is 5.82 Å². The predicted octanol–water partition coefficient (Wildman–Crippen LogP) is 1.04. The maximum atomic E-state index is 12.6. The molecule has 0 bridgehead atoms. The van der Waals surface area contributed by atoms with E-state index in [4.69, 9.17) is 5.73 Å². The zero-order valence-corrected chi connectivity index (χ0v) is 16.5. The lowest BCUT2D eigenvalue weighted by atomic mass is 9.98. The summed E-state index contributed by atoms with van der Waals surface area (Å²) in [5, 5.41) is 13.1. The van der Waals surface area contributed by atoms with Crippen LogP contribution in [0, 0.1) is 6.92 Å². The molecule has 3 aromatic rings. The van der Waals surface area contributed by atoms with Gasteiger partial charge in [-0.3, -0.25) is 0 Å². The van der Waals surface area contributed by atoms with Gasteiger partial charge in [-0.05, 0) is 52.3 Å². The molecule has 0 fully saturated rings. The molecular weight excluding hydrogens is 443 g/mol. The molecule has 0 amide bonds. The minimum atomic E-state index is -5.39. The van der Waals surface area contributed by atoms with Crippen molar-refractivity contribution in [1.82, 2.24) is 30.5 Å². The normalized spacial score (nSPS) is 12.0. The van der Waals surface area contributed by atoms with Crippen LogP contribution in [0.15, 0.2) is 35.4 Å². The van der Waals surface area contributed by atoms with Gasteiger partial charge in [0.15, 0.2) is 0 Å². The van der Waals surface area contributed by atoms with Crippen molar-refractivity contribution in [3.63, 3.8) is 0 Å². The van der Waals surface area contributed by atoms with Gasteiger partial charge in [0.05, 0.1) is 4.90 Å². The van der Waals surface area contributed by atoms with Crippen molar-refractivity contribution in [3.05, 3.63) is 47.2 Å². The van der Waals surface area contributed by atoms with E-state index < -0.39 is 27.1 Å². The molecule has 2 heterocycles. The smallest absolute Gasteiger partial charge is 0.384 e. The van der Waals surface area contributed by atoms with E-state index in [0.717, 1.165) is 11.6 Å². The summed E-state index contributed by atoms with van der Waals surface area (Å²) in [4.78, 5) is 19.3. The lowest BCUT2D eigenvalue weighted by molar-refractivity contribution is -0.203. The first-order valence-corrected chi connectivity index (χ1v) is 9.84. The number of carbonyl (C=O) groups is 1. The van der Waals surface area contributed by atoms with Crippen molar-refractivity contribution in [2.75, 3.05) is 5.73 Å². The third-order valence-electron chi connectivity index (χ3n) is 4.07. The Hall–Kier alpha value is -3.59. The number of rotatable bonds is 6. The average molecular weight is 457 g/mol. The third kappa shape index (κ3) is 4.95. The molecule has 0 atom stereocenters. The third-order valence-corrected chi connectivity index (χ3v) is 5.29. The minimum absolute atomic E-state index is 0.0527. The SMILES string of the molecule is Cc1cc(N)ncc1Cc1cccc(S(=O)(=O)NOC(=O)C(F)(F)F)c1-c1nn[nH]n1. The number of aryl methyl sites for hydroxylation is 1. The molecular formula is C16H14F3N7O4S. The van der Waals surface area contributed by atoms with Crippen molar-refractivity contribution in [3.8, 4) is 11.4 Å². The molecule has 0 saturated heterocycles. The number of pyridine rings is 1. The number of aromatic nitrogens is 5. The number of halogens is 3. The maximum Gasteiger partial charge on any atom is 0.492 e. The molecule has 2 aromatic heterocycles. The fraction of sp³-hybridized carbons (Fsp3) is 0.188. The summed E-state index contributed by atoms with van der Waals surface area (Å²) in [5.74, 6) is -2.57. The molecule has 164 valence electrons. The van der Waals surface area contributed by atoms with Gasteiger partial charge >= 0.3 is 12.1 Å². The van der Waals surface area contributed by atoms with Crippen molar-refractivity contribution in [1.29, 1.82) is 0 Å². The predicted molar refractivity (Wildman–Crippen MR) is 98.3 cm³/mol. The number of sulfonamides is 1. The Labute approximate surface area is 172 Å². The number of hydrogen-bond acceptors (Lipinski definition) is 9. The van der Waals surface area contributed by atoms with E-state index in [-0.39, 0.29) is 17.8 Å². The van der Waals surface area contributed by atoms with Gasteiger partial charge in [-0.25, -0.2) is 18.2 Å². The number of benzene rings is 1. The Bertz CT molecular complexity index is 1210. The number of nitrogen functional groups attached to an aromatic ring is 1. The van der Waals surface area contributed by atoms with E-state index in [0.29, 0.717) is 16.9 Å². The first-order valence-electron chi connectivity index (χ1n) is 8.35. The number of nitrogens with two attached hydrogens (primary N) is 1. The second-order valence-corrected chi connectivity index (χ2v) is 7.83. The second-order valence-electron chi connectivity index (χ2n) is 6.21. The van der Waals surface area contributed by atoms with Crippen LogP contribution in [0.3, 0.4) is 0 Å². The van der Waals surface area contributed by atoms with Gasteiger partial charge in [0.2, 0.25) is 5.82 Å². The van der Waals surface area contributed by atoms with E-state index in [1.807, 2.05) is 0 Å². The molecule has 0 aliphatic rings. The Balaban J connectivity index is 2.05. The minimum Gasteiger partial charge on any atom is -0.384 e. The monoisotopic (exact) mass is 457 g/mol. The van der Waals surface area contributed by atoms with Crippen LogP contribution in [-0.2, 0) is 26.1 Å². The van der Waals surface area contributed by atoms with Gasteiger partial charge in [0, 0.05) is 11.8 Å². The summed E-state index contributed by atoms with van der Waals surface area (Å²) in [5.41, 5.74) is 7.46. The zero-order chi connectivity index (χ0) is 22.8. The molecule has 0 radical (unpaired) electrons. The Morgan fingerprint density at radius 1 is 1.29 bits per heavy atom. The summed E-state index contributed by atoms with van der Waals surface area (Å²) >= 11 is 0. The Morgan fingerprint density at radius 2 is 2.03 bits per heavy atom. The van der Waals surface area contributed by atoms with Crippen molar-refractivity contribution < 1.29 is 31.2 Å². The molecule has 1 aromatic carbocycles. The fourth-order valence-electron chi connectivity index (χ4n) is 2.66. The number of hydrogen-bond donors (Lipinski definition) is 3. The molecule has 0 unspecified atom stereocenters. The molecule has 31 heavy (non-hydrogen) atoms. The molecule has 15 heteroatoms. The highest BCUT2D eigenvalue weighted by molar-refractivity contribution is 7.89. The molecule has 0 aliphatic carbocycles. The van der Waals surface area contributed by atoms with Crippen LogP contribution in [0.5, 0.6) is 0 Å². The van der Waals surface area contributed by atoms with Gasteiger partial charge in [-0.15, -0.1) is 10.2 Å². The van der Waals surface area contributed by atoms with Crippen LogP contribution in [0.25, 0.3) is 11.4 Å². The number of nitrogens with zero attached hydrogens (tertiary/aromatic N) is 4. The largest absolute Gasteiger partial charge is 0.492 e. The lowest BCUT2D eigenvalue weighted by Crippen LogP contribution is -2.34. The maximum absolute atomic E-state index is 12.6. The molecule has 0 aliphatic heterocycles.